The fourth-order valence-electron chi connectivity index (χ4n) is 2.23. The highest BCUT2D eigenvalue weighted by Crippen LogP contribution is 2.18. The smallest absolute Gasteiger partial charge is 0.251 e. The molecule has 2 heterocycles. The molecule has 1 amide bonds. The summed E-state index contributed by atoms with van der Waals surface area (Å²) < 4.78 is 5.40. The monoisotopic (exact) mass is 322 g/mol. The van der Waals surface area contributed by atoms with E-state index in [1.807, 2.05) is 42.5 Å². The minimum absolute atomic E-state index is 0.00190. The number of benzene rings is 1. The molecule has 3 rings (SSSR count). The zero-order valence-corrected chi connectivity index (χ0v) is 13.1. The van der Waals surface area contributed by atoms with Gasteiger partial charge in [-0.15, -0.1) is 0 Å². The molecule has 6 heteroatoms. The molecule has 2 aromatic heterocycles. The maximum Gasteiger partial charge on any atom is 0.251 e. The quantitative estimate of drug-likeness (QED) is 0.655. The van der Waals surface area contributed by atoms with Gasteiger partial charge < -0.3 is 10.1 Å². The molecule has 0 aliphatic heterocycles. The number of aromatic nitrogens is 3. The number of aromatic amines is 1. The number of pyridine rings is 1. The van der Waals surface area contributed by atoms with Crippen LogP contribution in [-0.2, 0) is 16.0 Å². The Balaban J connectivity index is 1.43. The van der Waals surface area contributed by atoms with Gasteiger partial charge in [0, 0.05) is 24.0 Å². The largest absolute Gasteiger partial charge is 0.371 e. The third-order valence-electron chi connectivity index (χ3n) is 3.43. The van der Waals surface area contributed by atoms with Crippen LogP contribution >= 0.6 is 0 Å². The first-order valence-electron chi connectivity index (χ1n) is 7.68. The molecule has 2 N–H and O–H groups in total. The van der Waals surface area contributed by atoms with Gasteiger partial charge >= 0.3 is 0 Å². The molecule has 0 saturated carbocycles. The molecule has 0 radical (unpaired) electrons. The number of amides is 1. The van der Waals surface area contributed by atoms with Gasteiger partial charge in [-0.3, -0.25) is 14.9 Å². The Bertz CT molecular complexity index is 772. The number of rotatable bonds is 7. The van der Waals surface area contributed by atoms with Crippen LogP contribution in [0.2, 0.25) is 0 Å². The number of nitrogens with zero attached hydrogens (tertiary/aromatic N) is 2. The van der Waals surface area contributed by atoms with Crippen LogP contribution in [-0.4, -0.2) is 34.3 Å². The fourth-order valence-corrected chi connectivity index (χ4v) is 2.23. The minimum Gasteiger partial charge on any atom is -0.371 e. The van der Waals surface area contributed by atoms with Gasteiger partial charge in [0.15, 0.2) is 5.82 Å². The normalized spacial score (nSPS) is 10.5. The summed E-state index contributed by atoms with van der Waals surface area (Å²) in [7, 11) is 0. The SMILES string of the molecule is O=C(COCCc1ccccc1)Nc1cc(-c2cccnc2)[nH]n1. The number of ether oxygens (including phenoxy) is 1. The zero-order chi connectivity index (χ0) is 16.6. The van der Waals surface area contributed by atoms with Crippen molar-refractivity contribution in [2.75, 3.05) is 18.5 Å². The molecule has 0 unspecified atom stereocenters. The lowest BCUT2D eigenvalue weighted by atomic mass is 10.2. The van der Waals surface area contributed by atoms with Crippen LogP contribution in [0.15, 0.2) is 60.9 Å². The Morgan fingerprint density at radius 1 is 1.17 bits per heavy atom. The standard InChI is InChI=1S/C18H18N4O2/c23-18(13-24-10-8-14-5-2-1-3-6-14)20-17-11-16(21-22-17)15-7-4-9-19-12-15/h1-7,9,11-12H,8,10,13H2,(H2,20,21,22,23). The molecule has 0 spiro atoms. The summed E-state index contributed by atoms with van der Waals surface area (Å²) in [5, 5.41) is 9.64. The molecule has 122 valence electrons. The lowest BCUT2D eigenvalue weighted by Gasteiger charge is -2.04. The molecule has 24 heavy (non-hydrogen) atoms. The van der Waals surface area contributed by atoms with Gasteiger partial charge in [-0.05, 0) is 24.1 Å². The van der Waals surface area contributed by atoms with E-state index in [2.05, 4.69) is 20.5 Å². The van der Waals surface area contributed by atoms with Crippen molar-refractivity contribution in [2.45, 2.75) is 6.42 Å². The summed E-state index contributed by atoms with van der Waals surface area (Å²) in [5.74, 6) is 0.234. The van der Waals surface area contributed by atoms with Gasteiger partial charge in [0.2, 0.25) is 0 Å². The predicted molar refractivity (Wildman–Crippen MR) is 91.4 cm³/mol. The van der Waals surface area contributed by atoms with Crippen LogP contribution in [0.4, 0.5) is 5.82 Å². The summed E-state index contributed by atoms with van der Waals surface area (Å²) in [6.07, 6.45) is 4.21. The van der Waals surface area contributed by atoms with Crippen molar-refractivity contribution in [3.63, 3.8) is 0 Å². The molecule has 3 aromatic rings. The van der Waals surface area contributed by atoms with E-state index in [0.717, 1.165) is 17.7 Å². The van der Waals surface area contributed by atoms with Crippen molar-refractivity contribution in [3.05, 3.63) is 66.5 Å². The summed E-state index contributed by atoms with van der Waals surface area (Å²) in [4.78, 5) is 15.9. The van der Waals surface area contributed by atoms with Crippen molar-refractivity contribution < 1.29 is 9.53 Å². The van der Waals surface area contributed by atoms with Gasteiger partial charge in [-0.2, -0.15) is 5.10 Å². The Morgan fingerprint density at radius 2 is 2.04 bits per heavy atom. The lowest BCUT2D eigenvalue weighted by Crippen LogP contribution is -2.19. The second-order valence-corrected chi connectivity index (χ2v) is 5.24. The van der Waals surface area contributed by atoms with E-state index in [-0.39, 0.29) is 12.5 Å². The van der Waals surface area contributed by atoms with Crippen molar-refractivity contribution >= 4 is 11.7 Å². The van der Waals surface area contributed by atoms with Crippen LogP contribution in [0.1, 0.15) is 5.56 Å². The average molecular weight is 322 g/mol. The highest BCUT2D eigenvalue weighted by atomic mass is 16.5. The van der Waals surface area contributed by atoms with Crippen LogP contribution in [0.3, 0.4) is 0 Å². The molecular weight excluding hydrogens is 304 g/mol. The molecule has 0 atom stereocenters. The van der Waals surface area contributed by atoms with E-state index in [0.29, 0.717) is 12.4 Å². The predicted octanol–water partition coefficient (Wildman–Crippen LogP) is 2.67. The summed E-state index contributed by atoms with van der Waals surface area (Å²) in [6.45, 7) is 0.501. The number of hydrogen-bond donors (Lipinski definition) is 2. The van der Waals surface area contributed by atoms with Gasteiger partial charge in [-0.1, -0.05) is 30.3 Å². The van der Waals surface area contributed by atoms with Crippen molar-refractivity contribution in [1.29, 1.82) is 0 Å². The number of anilines is 1. The topological polar surface area (TPSA) is 79.9 Å². The molecule has 1 aromatic carbocycles. The van der Waals surface area contributed by atoms with E-state index in [4.69, 9.17) is 4.74 Å². The van der Waals surface area contributed by atoms with E-state index >= 15 is 0 Å². The summed E-state index contributed by atoms with van der Waals surface area (Å²) >= 11 is 0. The molecule has 6 nitrogen and oxygen atoms in total. The van der Waals surface area contributed by atoms with E-state index in [1.54, 1.807) is 18.5 Å². The molecule has 0 bridgehead atoms. The number of carbonyl (C=O) groups is 1. The second-order valence-electron chi connectivity index (χ2n) is 5.24. The van der Waals surface area contributed by atoms with Crippen molar-refractivity contribution in [1.82, 2.24) is 15.2 Å². The minimum atomic E-state index is -0.229. The first-order valence-corrected chi connectivity index (χ1v) is 7.68. The molecule has 0 aliphatic carbocycles. The lowest BCUT2D eigenvalue weighted by molar-refractivity contribution is -0.120. The Labute approximate surface area is 139 Å². The molecule has 0 aliphatic rings. The average Bonchev–Trinajstić information content (AvgIpc) is 3.09. The van der Waals surface area contributed by atoms with Crippen LogP contribution < -0.4 is 5.32 Å². The number of hydrogen-bond acceptors (Lipinski definition) is 4. The first kappa shape index (κ1) is 15.9. The van der Waals surface area contributed by atoms with Crippen LogP contribution in [0.25, 0.3) is 11.3 Å². The summed E-state index contributed by atoms with van der Waals surface area (Å²) in [5.41, 5.74) is 2.89. The number of nitrogens with one attached hydrogen (secondary N) is 2. The molecule has 0 fully saturated rings. The maximum absolute atomic E-state index is 11.9. The van der Waals surface area contributed by atoms with Gasteiger partial charge in [0.25, 0.3) is 5.91 Å². The summed E-state index contributed by atoms with van der Waals surface area (Å²) in [6, 6.07) is 15.5. The fraction of sp³-hybridized carbons (Fsp3) is 0.167. The Kier molecular flexibility index (Phi) is 5.32. The van der Waals surface area contributed by atoms with E-state index < -0.39 is 0 Å². The molecule has 0 saturated heterocycles. The van der Waals surface area contributed by atoms with E-state index in [1.165, 1.54) is 5.56 Å². The first-order chi connectivity index (χ1) is 11.8. The van der Waals surface area contributed by atoms with Crippen molar-refractivity contribution in [2.24, 2.45) is 0 Å². The van der Waals surface area contributed by atoms with Gasteiger partial charge in [0.1, 0.15) is 6.61 Å². The van der Waals surface area contributed by atoms with Gasteiger partial charge in [-0.25, -0.2) is 0 Å². The zero-order valence-electron chi connectivity index (χ0n) is 13.1. The van der Waals surface area contributed by atoms with Gasteiger partial charge in [0.05, 0.1) is 12.3 Å². The highest BCUT2D eigenvalue weighted by Gasteiger charge is 2.07. The number of H-pyrrole nitrogens is 1. The third-order valence-corrected chi connectivity index (χ3v) is 3.43. The second kappa shape index (κ2) is 8.03. The Hall–Kier alpha value is -2.99. The van der Waals surface area contributed by atoms with Crippen LogP contribution in [0, 0.1) is 0 Å². The highest BCUT2D eigenvalue weighted by molar-refractivity contribution is 5.91. The maximum atomic E-state index is 11.9. The van der Waals surface area contributed by atoms with E-state index in [9.17, 15) is 4.79 Å². The van der Waals surface area contributed by atoms with Crippen LogP contribution in [0.5, 0.6) is 0 Å². The molecular formula is C18H18N4O2. The number of carbonyl (C=O) groups excluding carboxylic acids is 1. The Morgan fingerprint density at radius 3 is 2.83 bits per heavy atom. The third kappa shape index (κ3) is 4.50. The van der Waals surface area contributed by atoms with Crippen molar-refractivity contribution in [3.8, 4) is 11.3 Å².